The quantitative estimate of drug-likeness (QED) is 0.891. The van der Waals surface area contributed by atoms with Crippen LogP contribution in [0, 0.1) is 5.92 Å². The highest BCUT2D eigenvalue weighted by atomic mass is 15.1. The molecule has 0 amide bonds. The molecule has 1 aliphatic heterocycles. The van der Waals surface area contributed by atoms with Crippen molar-refractivity contribution in [3.8, 4) is 0 Å². The van der Waals surface area contributed by atoms with Crippen LogP contribution in [0.4, 0.5) is 0 Å². The zero-order valence-electron chi connectivity index (χ0n) is 13.7. The molecule has 1 fully saturated rings. The maximum atomic E-state index is 4.06. The largest absolute Gasteiger partial charge is 0.312 e. The number of likely N-dealkylation sites (tertiary alicyclic amines) is 1. The van der Waals surface area contributed by atoms with Gasteiger partial charge < -0.3 is 5.32 Å². The van der Waals surface area contributed by atoms with E-state index in [2.05, 4.69) is 50.5 Å². The lowest BCUT2D eigenvalue weighted by molar-refractivity contribution is 0.237. The molecule has 2 heterocycles. The van der Waals surface area contributed by atoms with Crippen LogP contribution in [0.5, 0.6) is 0 Å². The van der Waals surface area contributed by atoms with Crippen LogP contribution in [-0.2, 0) is 13.1 Å². The SMILES string of the molecule is c1ccc(CN2CCCCC(CNCc3cncnc3)C2)cc1. The topological polar surface area (TPSA) is 41.0 Å². The van der Waals surface area contributed by atoms with E-state index in [4.69, 9.17) is 0 Å². The second-order valence-electron chi connectivity index (χ2n) is 6.46. The van der Waals surface area contributed by atoms with E-state index in [0.29, 0.717) is 0 Å². The number of hydrogen-bond acceptors (Lipinski definition) is 4. The van der Waals surface area contributed by atoms with Crippen molar-refractivity contribution in [2.45, 2.75) is 32.4 Å². The Morgan fingerprint density at radius 1 is 1.04 bits per heavy atom. The lowest BCUT2D eigenvalue weighted by Gasteiger charge is -2.24. The van der Waals surface area contributed by atoms with Gasteiger partial charge in [-0.25, -0.2) is 9.97 Å². The summed E-state index contributed by atoms with van der Waals surface area (Å²) in [5.41, 5.74) is 2.57. The molecule has 23 heavy (non-hydrogen) atoms. The molecule has 0 spiro atoms. The predicted molar refractivity (Wildman–Crippen MR) is 92.8 cm³/mol. The first kappa shape index (κ1) is 16.1. The highest BCUT2D eigenvalue weighted by molar-refractivity contribution is 5.14. The number of benzene rings is 1. The average molecular weight is 310 g/mol. The summed E-state index contributed by atoms with van der Waals surface area (Å²) >= 11 is 0. The van der Waals surface area contributed by atoms with Gasteiger partial charge in [0.05, 0.1) is 0 Å². The Morgan fingerprint density at radius 3 is 2.70 bits per heavy atom. The minimum Gasteiger partial charge on any atom is -0.312 e. The zero-order chi connectivity index (χ0) is 15.7. The molecule has 3 rings (SSSR count). The number of nitrogens with one attached hydrogen (secondary N) is 1. The Hall–Kier alpha value is -1.78. The van der Waals surface area contributed by atoms with E-state index in [9.17, 15) is 0 Å². The van der Waals surface area contributed by atoms with Crippen LogP contribution in [0.15, 0.2) is 49.1 Å². The maximum Gasteiger partial charge on any atom is 0.115 e. The molecule has 0 radical (unpaired) electrons. The van der Waals surface area contributed by atoms with Crippen molar-refractivity contribution in [3.63, 3.8) is 0 Å². The summed E-state index contributed by atoms with van der Waals surface area (Å²) in [6.45, 7) is 5.41. The summed E-state index contributed by atoms with van der Waals surface area (Å²) in [5.74, 6) is 0.728. The summed E-state index contributed by atoms with van der Waals surface area (Å²) in [6.07, 6.45) is 9.32. The van der Waals surface area contributed by atoms with Crippen molar-refractivity contribution in [2.75, 3.05) is 19.6 Å². The summed E-state index contributed by atoms with van der Waals surface area (Å²) in [7, 11) is 0. The molecule has 2 aromatic rings. The number of nitrogens with zero attached hydrogens (tertiary/aromatic N) is 3. The Balaban J connectivity index is 1.47. The molecule has 1 aromatic carbocycles. The zero-order valence-corrected chi connectivity index (χ0v) is 13.7. The molecule has 0 bridgehead atoms. The Morgan fingerprint density at radius 2 is 1.87 bits per heavy atom. The van der Waals surface area contributed by atoms with Gasteiger partial charge in [0.1, 0.15) is 6.33 Å². The van der Waals surface area contributed by atoms with Gasteiger partial charge in [-0.2, -0.15) is 0 Å². The van der Waals surface area contributed by atoms with E-state index >= 15 is 0 Å². The molecule has 1 N–H and O–H groups in total. The molecular weight excluding hydrogens is 284 g/mol. The van der Waals surface area contributed by atoms with Crippen LogP contribution in [-0.4, -0.2) is 34.5 Å². The first-order chi connectivity index (χ1) is 11.4. The van der Waals surface area contributed by atoms with Crippen LogP contribution < -0.4 is 5.32 Å². The second-order valence-corrected chi connectivity index (χ2v) is 6.46. The predicted octanol–water partition coefficient (Wildman–Crippen LogP) is 2.87. The lowest BCUT2D eigenvalue weighted by Crippen LogP contribution is -2.33. The van der Waals surface area contributed by atoms with Gasteiger partial charge in [0.2, 0.25) is 0 Å². The monoisotopic (exact) mass is 310 g/mol. The molecule has 4 nitrogen and oxygen atoms in total. The van der Waals surface area contributed by atoms with E-state index in [1.54, 1.807) is 6.33 Å². The van der Waals surface area contributed by atoms with Gasteiger partial charge in [0.15, 0.2) is 0 Å². The summed E-state index contributed by atoms with van der Waals surface area (Å²) < 4.78 is 0. The fraction of sp³-hybridized carbons (Fsp3) is 0.474. The van der Waals surface area contributed by atoms with Crippen molar-refractivity contribution in [3.05, 3.63) is 60.2 Å². The number of hydrogen-bond donors (Lipinski definition) is 1. The van der Waals surface area contributed by atoms with Crippen LogP contribution >= 0.6 is 0 Å². The highest BCUT2D eigenvalue weighted by Crippen LogP contribution is 2.18. The van der Waals surface area contributed by atoms with Crippen LogP contribution in [0.1, 0.15) is 30.4 Å². The van der Waals surface area contributed by atoms with Gasteiger partial charge in [-0.1, -0.05) is 36.8 Å². The van der Waals surface area contributed by atoms with Crippen LogP contribution in [0.2, 0.25) is 0 Å². The van der Waals surface area contributed by atoms with E-state index < -0.39 is 0 Å². The van der Waals surface area contributed by atoms with Gasteiger partial charge in [0.25, 0.3) is 0 Å². The van der Waals surface area contributed by atoms with E-state index in [-0.39, 0.29) is 0 Å². The molecule has 0 aliphatic carbocycles. The van der Waals surface area contributed by atoms with Gasteiger partial charge in [-0.05, 0) is 37.4 Å². The van der Waals surface area contributed by atoms with Crippen molar-refractivity contribution in [1.29, 1.82) is 0 Å². The highest BCUT2D eigenvalue weighted by Gasteiger charge is 2.18. The molecule has 1 atom stereocenters. The second kappa shape index (κ2) is 8.75. The normalized spacial score (nSPS) is 19.4. The van der Waals surface area contributed by atoms with Crippen LogP contribution in [0.3, 0.4) is 0 Å². The van der Waals surface area contributed by atoms with Crippen molar-refractivity contribution in [1.82, 2.24) is 20.2 Å². The Kier molecular flexibility index (Phi) is 6.12. The molecule has 1 saturated heterocycles. The van der Waals surface area contributed by atoms with Crippen molar-refractivity contribution in [2.24, 2.45) is 5.92 Å². The fourth-order valence-corrected chi connectivity index (χ4v) is 3.31. The molecule has 1 unspecified atom stereocenters. The van der Waals surface area contributed by atoms with Gasteiger partial charge in [-0.3, -0.25) is 4.90 Å². The van der Waals surface area contributed by atoms with Crippen molar-refractivity contribution < 1.29 is 0 Å². The molecule has 1 aromatic heterocycles. The minimum atomic E-state index is 0.728. The third-order valence-corrected chi connectivity index (χ3v) is 4.48. The van der Waals surface area contributed by atoms with Gasteiger partial charge >= 0.3 is 0 Å². The van der Waals surface area contributed by atoms with E-state index in [0.717, 1.165) is 31.1 Å². The molecule has 122 valence electrons. The third-order valence-electron chi connectivity index (χ3n) is 4.48. The van der Waals surface area contributed by atoms with Crippen LogP contribution in [0.25, 0.3) is 0 Å². The molecule has 0 saturated carbocycles. The number of rotatable bonds is 6. The average Bonchev–Trinajstić information content (AvgIpc) is 2.82. The minimum absolute atomic E-state index is 0.728. The van der Waals surface area contributed by atoms with Crippen molar-refractivity contribution >= 4 is 0 Å². The third kappa shape index (κ3) is 5.41. The Bertz CT molecular complexity index is 558. The summed E-state index contributed by atoms with van der Waals surface area (Å²) in [5, 5.41) is 3.58. The smallest absolute Gasteiger partial charge is 0.115 e. The van der Waals surface area contributed by atoms with E-state index in [1.807, 2.05) is 12.4 Å². The maximum absolute atomic E-state index is 4.06. The molecule has 4 heteroatoms. The lowest BCUT2D eigenvalue weighted by atomic mass is 10.0. The first-order valence-corrected chi connectivity index (χ1v) is 8.61. The Labute approximate surface area is 139 Å². The summed E-state index contributed by atoms with van der Waals surface area (Å²) in [4.78, 5) is 10.7. The summed E-state index contributed by atoms with van der Waals surface area (Å²) in [6, 6.07) is 10.8. The molecule has 1 aliphatic rings. The number of aromatic nitrogens is 2. The molecular formula is C19H26N4. The standard InChI is InChI=1S/C19H26N4/c1-2-6-17(7-3-1)14-23-9-5-4-8-18(15-23)10-20-11-19-12-21-16-22-13-19/h1-3,6-7,12-13,16,18,20H,4-5,8-11,14-15H2. The van der Waals surface area contributed by atoms with E-state index in [1.165, 1.54) is 37.9 Å². The first-order valence-electron chi connectivity index (χ1n) is 8.61. The van der Waals surface area contributed by atoms with Gasteiger partial charge in [-0.15, -0.1) is 0 Å². The van der Waals surface area contributed by atoms with Gasteiger partial charge in [0, 0.05) is 37.6 Å². The fourth-order valence-electron chi connectivity index (χ4n) is 3.31.